The van der Waals surface area contributed by atoms with Gasteiger partial charge in [-0.2, -0.15) is 14.5 Å². The molecule has 0 amide bonds. The molecule has 0 saturated heterocycles. The lowest BCUT2D eigenvalue weighted by Gasteiger charge is -2.16. The maximum atomic E-state index is 12.9. The van der Waals surface area contributed by atoms with Gasteiger partial charge < -0.3 is 0 Å². The highest BCUT2D eigenvalue weighted by Gasteiger charge is 2.26. The summed E-state index contributed by atoms with van der Waals surface area (Å²) in [5, 5.41) is 8.71. The molecule has 7 nitrogen and oxygen atoms in total. The summed E-state index contributed by atoms with van der Waals surface area (Å²) in [4.78, 5) is 0.270. The fraction of sp³-hybridized carbons (Fsp3) is 0.625. The molecule has 134 valence electrons. The summed E-state index contributed by atoms with van der Waals surface area (Å²) in [6.45, 7) is 11.5. The Labute approximate surface area is 144 Å². The quantitative estimate of drug-likeness (QED) is 0.765. The van der Waals surface area contributed by atoms with E-state index in [1.165, 1.54) is 4.31 Å². The summed E-state index contributed by atoms with van der Waals surface area (Å²) in [5.74, 6) is 0.403. The van der Waals surface area contributed by atoms with Crippen LogP contribution in [0.25, 0.3) is 0 Å². The van der Waals surface area contributed by atoms with Gasteiger partial charge in [0.25, 0.3) is 0 Å². The largest absolute Gasteiger partial charge is 0.272 e. The number of hydrogen-bond acceptors (Lipinski definition) is 4. The molecule has 2 rings (SSSR count). The maximum Gasteiger partial charge on any atom is 0.246 e. The second kappa shape index (κ2) is 7.06. The minimum absolute atomic E-state index is 0.270. The maximum absolute atomic E-state index is 12.9. The zero-order chi connectivity index (χ0) is 18.1. The predicted molar refractivity (Wildman–Crippen MR) is 93.1 cm³/mol. The first kappa shape index (κ1) is 18.7. The Morgan fingerprint density at radius 3 is 2.29 bits per heavy atom. The Hall–Kier alpha value is -1.67. The van der Waals surface area contributed by atoms with E-state index < -0.39 is 10.0 Å². The SMILES string of the molecule is CCn1cc(CN(C)S(=O)(=O)c2cn(CC(C)C)nc2C)c(C)n1. The summed E-state index contributed by atoms with van der Waals surface area (Å²) in [5.41, 5.74) is 2.30. The summed E-state index contributed by atoms with van der Waals surface area (Å²) < 4.78 is 30.7. The van der Waals surface area contributed by atoms with E-state index in [4.69, 9.17) is 0 Å². The van der Waals surface area contributed by atoms with Crippen molar-refractivity contribution < 1.29 is 8.42 Å². The van der Waals surface area contributed by atoms with Crippen molar-refractivity contribution in [1.29, 1.82) is 0 Å². The van der Waals surface area contributed by atoms with E-state index in [-0.39, 0.29) is 4.90 Å². The van der Waals surface area contributed by atoms with Crippen molar-refractivity contribution in [3.63, 3.8) is 0 Å². The third-order valence-corrected chi connectivity index (χ3v) is 5.81. The number of nitrogens with zero attached hydrogens (tertiary/aromatic N) is 5. The van der Waals surface area contributed by atoms with Gasteiger partial charge in [-0.25, -0.2) is 8.42 Å². The van der Waals surface area contributed by atoms with E-state index in [0.29, 0.717) is 24.7 Å². The zero-order valence-electron chi connectivity index (χ0n) is 15.3. The summed E-state index contributed by atoms with van der Waals surface area (Å²) in [6, 6.07) is 0. The second-order valence-electron chi connectivity index (χ2n) is 6.55. The van der Waals surface area contributed by atoms with Gasteiger partial charge in [0, 0.05) is 44.6 Å². The third kappa shape index (κ3) is 3.87. The lowest BCUT2D eigenvalue weighted by molar-refractivity contribution is 0.464. The van der Waals surface area contributed by atoms with Crippen molar-refractivity contribution in [3.8, 4) is 0 Å². The minimum atomic E-state index is -3.58. The molecule has 0 atom stereocenters. The molecule has 0 aliphatic carbocycles. The molecule has 0 N–H and O–H groups in total. The lowest BCUT2D eigenvalue weighted by atomic mass is 10.2. The van der Waals surface area contributed by atoms with Gasteiger partial charge in [-0.3, -0.25) is 9.36 Å². The summed E-state index contributed by atoms with van der Waals surface area (Å²) >= 11 is 0. The molecule has 0 fully saturated rings. The average molecular weight is 353 g/mol. The molecule has 0 aromatic carbocycles. The first-order chi connectivity index (χ1) is 11.1. The van der Waals surface area contributed by atoms with Gasteiger partial charge >= 0.3 is 0 Å². The number of aryl methyl sites for hydroxylation is 3. The van der Waals surface area contributed by atoms with Crippen molar-refractivity contribution in [2.45, 2.75) is 59.1 Å². The molecule has 2 aromatic rings. The van der Waals surface area contributed by atoms with Crippen molar-refractivity contribution >= 4 is 10.0 Å². The number of hydrogen-bond donors (Lipinski definition) is 0. The molecule has 0 aliphatic rings. The van der Waals surface area contributed by atoms with Crippen molar-refractivity contribution in [3.05, 3.63) is 29.3 Å². The van der Waals surface area contributed by atoms with Crippen LogP contribution in [0.1, 0.15) is 37.7 Å². The molecule has 0 radical (unpaired) electrons. The topological polar surface area (TPSA) is 73.0 Å². The van der Waals surface area contributed by atoms with Gasteiger partial charge in [-0.05, 0) is 26.7 Å². The molecule has 0 aliphatic heterocycles. The fourth-order valence-corrected chi connectivity index (χ4v) is 3.90. The molecule has 8 heteroatoms. The Morgan fingerprint density at radius 1 is 1.12 bits per heavy atom. The highest BCUT2D eigenvalue weighted by Crippen LogP contribution is 2.21. The van der Waals surface area contributed by atoms with Crippen LogP contribution in [-0.4, -0.2) is 39.3 Å². The van der Waals surface area contributed by atoms with Gasteiger partial charge in [0.1, 0.15) is 4.90 Å². The lowest BCUT2D eigenvalue weighted by Crippen LogP contribution is -2.27. The Kier molecular flexibility index (Phi) is 5.49. The first-order valence-corrected chi connectivity index (χ1v) is 9.62. The second-order valence-corrected chi connectivity index (χ2v) is 8.56. The zero-order valence-corrected chi connectivity index (χ0v) is 16.1. The average Bonchev–Trinajstić information content (AvgIpc) is 3.01. The number of rotatable bonds is 7. The highest BCUT2D eigenvalue weighted by atomic mass is 32.2. The van der Waals surface area contributed by atoms with E-state index in [9.17, 15) is 8.42 Å². The van der Waals surface area contributed by atoms with Crippen LogP contribution in [0.5, 0.6) is 0 Å². The van der Waals surface area contributed by atoms with Crippen LogP contribution in [-0.2, 0) is 29.7 Å². The van der Waals surface area contributed by atoms with Crippen LogP contribution in [0.2, 0.25) is 0 Å². The van der Waals surface area contributed by atoms with Gasteiger partial charge in [-0.1, -0.05) is 13.8 Å². The van der Waals surface area contributed by atoms with E-state index in [2.05, 4.69) is 24.0 Å². The molecule has 24 heavy (non-hydrogen) atoms. The number of aromatic nitrogens is 4. The van der Waals surface area contributed by atoms with Crippen molar-refractivity contribution in [2.24, 2.45) is 5.92 Å². The van der Waals surface area contributed by atoms with Crippen LogP contribution < -0.4 is 0 Å². The Bertz CT molecular complexity index is 805. The first-order valence-electron chi connectivity index (χ1n) is 8.18. The van der Waals surface area contributed by atoms with E-state index in [1.807, 2.05) is 24.7 Å². The van der Waals surface area contributed by atoms with Crippen LogP contribution in [0.3, 0.4) is 0 Å². The standard InChI is InChI=1S/C16H27N5O2S/c1-7-20-10-15(13(4)17-20)9-19(6)24(22,23)16-11-21(8-12(2)3)18-14(16)5/h10-12H,7-9H2,1-6H3. The Balaban J connectivity index is 2.25. The van der Waals surface area contributed by atoms with E-state index in [1.54, 1.807) is 24.9 Å². The smallest absolute Gasteiger partial charge is 0.246 e. The monoisotopic (exact) mass is 353 g/mol. The molecular weight excluding hydrogens is 326 g/mol. The molecule has 0 saturated carbocycles. The van der Waals surface area contributed by atoms with Crippen molar-refractivity contribution in [1.82, 2.24) is 23.9 Å². The van der Waals surface area contributed by atoms with Gasteiger partial charge in [0.05, 0.1) is 11.4 Å². The third-order valence-electron chi connectivity index (χ3n) is 3.91. The van der Waals surface area contributed by atoms with Crippen LogP contribution in [0.4, 0.5) is 0 Å². The van der Waals surface area contributed by atoms with Crippen LogP contribution in [0.15, 0.2) is 17.3 Å². The van der Waals surface area contributed by atoms with E-state index >= 15 is 0 Å². The molecular formula is C16H27N5O2S. The fourth-order valence-electron chi connectivity index (χ4n) is 2.59. The Morgan fingerprint density at radius 2 is 1.75 bits per heavy atom. The normalized spacial score (nSPS) is 12.5. The molecule has 0 unspecified atom stereocenters. The molecule has 0 spiro atoms. The molecule has 0 bridgehead atoms. The van der Waals surface area contributed by atoms with Gasteiger partial charge in [-0.15, -0.1) is 0 Å². The minimum Gasteiger partial charge on any atom is -0.272 e. The van der Waals surface area contributed by atoms with Crippen LogP contribution >= 0.6 is 0 Å². The highest BCUT2D eigenvalue weighted by molar-refractivity contribution is 7.89. The summed E-state index contributed by atoms with van der Waals surface area (Å²) in [7, 11) is -1.99. The molecule has 2 heterocycles. The van der Waals surface area contributed by atoms with E-state index in [0.717, 1.165) is 17.8 Å². The van der Waals surface area contributed by atoms with Gasteiger partial charge in [0.2, 0.25) is 10.0 Å². The van der Waals surface area contributed by atoms with Crippen LogP contribution in [0, 0.1) is 19.8 Å². The predicted octanol–water partition coefficient (Wildman–Crippen LogP) is 2.19. The van der Waals surface area contributed by atoms with Crippen molar-refractivity contribution in [2.75, 3.05) is 7.05 Å². The number of sulfonamides is 1. The van der Waals surface area contributed by atoms with Gasteiger partial charge in [0.15, 0.2) is 0 Å². The molecule has 2 aromatic heterocycles. The summed E-state index contributed by atoms with van der Waals surface area (Å²) in [6.07, 6.45) is 3.53.